The molecule has 4 atom stereocenters. The van der Waals surface area contributed by atoms with Crippen molar-refractivity contribution in [3.05, 3.63) is 24.2 Å². The van der Waals surface area contributed by atoms with E-state index in [1.165, 1.54) is 10.8 Å². The van der Waals surface area contributed by atoms with Crippen LogP contribution in [0.3, 0.4) is 0 Å². The van der Waals surface area contributed by atoms with E-state index in [0.717, 1.165) is 0 Å². The summed E-state index contributed by atoms with van der Waals surface area (Å²) in [6.45, 7) is 9.84. The van der Waals surface area contributed by atoms with E-state index in [1.54, 1.807) is 53.7 Å². The third-order valence-corrected chi connectivity index (χ3v) is 4.94. The highest BCUT2D eigenvalue weighted by Crippen LogP contribution is 2.40. The largest absolute Gasteiger partial charge is 0.508 e. The topological polar surface area (TPSA) is 154 Å². The highest BCUT2D eigenvalue weighted by atomic mass is 16.7. The van der Waals surface area contributed by atoms with Crippen LogP contribution in [-0.4, -0.2) is 73.7 Å². The minimum Gasteiger partial charge on any atom is -0.444 e. The van der Waals surface area contributed by atoms with Crippen LogP contribution in [0, 0.1) is 0 Å². The molecule has 3 N–H and O–H groups in total. The van der Waals surface area contributed by atoms with Crippen LogP contribution < -0.4 is 5.32 Å². The first-order valence-electron chi connectivity index (χ1n) is 10.5. The van der Waals surface area contributed by atoms with Gasteiger partial charge in [-0.3, -0.25) is 5.32 Å². The van der Waals surface area contributed by atoms with E-state index in [-0.39, 0.29) is 18.5 Å². The molecule has 0 bridgehead atoms. The zero-order valence-corrected chi connectivity index (χ0v) is 19.4. The molecule has 3 heterocycles. The predicted molar refractivity (Wildman–Crippen MR) is 115 cm³/mol. The van der Waals surface area contributed by atoms with E-state index in [0.29, 0.717) is 11.2 Å². The number of fused-ring (bicyclic) bond motifs is 1. The summed E-state index contributed by atoms with van der Waals surface area (Å²) in [6.07, 6.45) is -4.42. The van der Waals surface area contributed by atoms with Gasteiger partial charge in [0.1, 0.15) is 48.0 Å². The van der Waals surface area contributed by atoms with Crippen LogP contribution in [0.25, 0.3) is 5.52 Å². The Bertz CT molecular complexity index is 1020. The van der Waals surface area contributed by atoms with Crippen LogP contribution >= 0.6 is 0 Å². The van der Waals surface area contributed by atoms with Gasteiger partial charge in [-0.05, 0) is 53.7 Å². The summed E-state index contributed by atoms with van der Waals surface area (Å²) >= 11 is 0. The molecule has 12 nitrogen and oxygen atoms in total. The Morgan fingerprint density at radius 1 is 1.30 bits per heavy atom. The first-order valence-corrected chi connectivity index (χ1v) is 10.5. The lowest BCUT2D eigenvalue weighted by Crippen LogP contribution is -2.39. The fourth-order valence-electron chi connectivity index (χ4n) is 3.51. The predicted octanol–water partition coefficient (Wildman–Crippen LogP) is 1.97. The van der Waals surface area contributed by atoms with Crippen molar-refractivity contribution in [2.75, 3.05) is 11.9 Å². The summed E-state index contributed by atoms with van der Waals surface area (Å²) < 4.78 is 22.5. The lowest BCUT2D eigenvalue weighted by molar-refractivity contribution is -0.0947. The Morgan fingerprint density at radius 3 is 2.64 bits per heavy atom. The Morgan fingerprint density at radius 2 is 2.00 bits per heavy atom. The molecular weight excluding hydrogens is 436 g/mol. The number of carbonyl (C=O) groups is 2. The second-order valence-electron chi connectivity index (χ2n) is 9.18. The van der Waals surface area contributed by atoms with Gasteiger partial charge in [-0.2, -0.15) is 5.10 Å². The van der Waals surface area contributed by atoms with Gasteiger partial charge in [0.2, 0.25) is 0 Å². The average Bonchev–Trinajstić information content (AvgIpc) is 3.21. The number of carbonyl (C=O) groups excluding carboxylic acids is 2. The number of nitrogens with one attached hydrogen (secondary N) is 1. The Kier molecular flexibility index (Phi) is 6.82. The summed E-state index contributed by atoms with van der Waals surface area (Å²) in [6, 6.07) is 3.27. The smallest absolute Gasteiger partial charge is 0.444 e. The van der Waals surface area contributed by atoms with Crippen LogP contribution in [0.15, 0.2) is 18.5 Å². The maximum Gasteiger partial charge on any atom is 0.508 e. The number of nitrogens with zero attached hydrogens (tertiary/aromatic N) is 3. The monoisotopic (exact) mass is 466 g/mol. The number of aliphatic hydroxyl groups excluding tert-OH is 2. The summed E-state index contributed by atoms with van der Waals surface area (Å²) in [5, 5.41) is 28.1. The van der Waals surface area contributed by atoms with Crippen molar-refractivity contribution < 1.29 is 38.7 Å². The highest BCUT2D eigenvalue weighted by molar-refractivity contribution is 5.88. The summed E-state index contributed by atoms with van der Waals surface area (Å²) in [5.41, 5.74) is -1.28. The lowest BCUT2D eigenvalue weighted by Gasteiger charge is -2.27. The minimum atomic E-state index is -1.40. The lowest BCUT2D eigenvalue weighted by atomic mass is 9.93. The van der Waals surface area contributed by atoms with Crippen molar-refractivity contribution in [2.24, 2.45) is 0 Å². The number of amides is 1. The van der Waals surface area contributed by atoms with Gasteiger partial charge in [-0.1, -0.05) is 0 Å². The second kappa shape index (κ2) is 9.12. The molecule has 2 aromatic rings. The van der Waals surface area contributed by atoms with Gasteiger partial charge < -0.3 is 29.2 Å². The summed E-state index contributed by atoms with van der Waals surface area (Å²) in [7, 11) is 0. The number of rotatable bonds is 5. The van der Waals surface area contributed by atoms with Crippen molar-refractivity contribution in [2.45, 2.75) is 77.2 Å². The van der Waals surface area contributed by atoms with Gasteiger partial charge in [0.15, 0.2) is 5.82 Å². The van der Waals surface area contributed by atoms with Crippen molar-refractivity contribution in [1.82, 2.24) is 14.6 Å². The molecule has 1 saturated heterocycles. The molecule has 33 heavy (non-hydrogen) atoms. The number of hydrogen-bond acceptors (Lipinski definition) is 10. The Hall–Kier alpha value is -2.96. The molecule has 0 aromatic carbocycles. The van der Waals surface area contributed by atoms with E-state index in [9.17, 15) is 19.8 Å². The number of ether oxygens (including phenoxy) is 4. The number of hydrogen-bond donors (Lipinski definition) is 3. The van der Waals surface area contributed by atoms with Crippen molar-refractivity contribution in [3.63, 3.8) is 0 Å². The quantitative estimate of drug-likeness (QED) is 0.557. The highest BCUT2D eigenvalue weighted by Gasteiger charge is 2.54. The van der Waals surface area contributed by atoms with Gasteiger partial charge in [0.25, 0.3) is 0 Å². The van der Waals surface area contributed by atoms with Crippen molar-refractivity contribution in [1.29, 1.82) is 0 Å². The van der Waals surface area contributed by atoms with Crippen molar-refractivity contribution >= 4 is 23.6 Å². The maximum absolute atomic E-state index is 12.2. The Labute approximate surface area is 190 Å². The van der Waals surface area contributed by atoms with E-state index in [2.05, 4.69) is 15.4 Å². The molecule has 0 spiro atoms. The van der Waals surface area contributed by atoms with Gasteiger partial charge in [0.05, 0.1) is 11.8 Å². The second-order valence-corrected chi connectivity index (χ2v) is 9.18. The molecule has 1 aliphatic heterocycles. The van der Waals surface area contributed by atoms with E-state index in [4.69, 9.17) is 18.9 Å². The molecule has 0 radical (unpaired) electrons. The van der Waals surface area contributed by atoms with E-state index < -0.39 is 41.8 Å². The number of anilines is 1. The molecular formula is C21H30N4O8. The molecule has 3 rings (SSSR count). The molecule has 2 aromatic heterocycles. The maximum atomic E-state index is 12.2. The molecule has 1 amide bonds. The van der Waals surface area contributed by atoms with E-state index in [1.807, 2.05) is 0 Å². The normalized spacial score (nSPS) is 25.3. The molecule has 182 valence electrons. The van der Waals surface area contributed by atoms with Crippen LogP contribution in [0.5, 0.6) is 0 Å². The number of aliphatic hydroxyl groups is 2. The van der Waals surface area contributed by atoms with Crippen LogP contribution in [0.4, 0.5) is 15.4 Å². The SMILES string of the molecule is CC(C)OC(=O)OC[C@H]1O[C@@](C)(c2ccc3c(NC(=O)OC(C)(C)C)ncnn23)[C@H](O)[C@@H]1O. The molecule has 0 unspecified atom stereocenters. The fourth-order valence-corrected chi connectivity index (χ4v) is 3.51. The number of aromatic nitrogens is 3. The van der Waals surface area contributed by atoms with E-state index >= 15 is 0 Å². The van der Waals surface area contributed by atoms with Gasteiger partial charge >= 0.3 is 12.2 Å². The van der Waals surface area contributed by atoms with Gasteiger partial charge in [-0.25, -0.2) is 19.1 Å². The minimum absolute atomic E-state index is 0.193. The Balaban J connectivity index is 1.82. The van der Waals surface area contributed by atoms with Crippen molar-refractivity contribution in [3.8, 4) is 0 Å². The average molecular weight is 466 g/mol. The van der Waals surface area contributed by atoms with Crippen LogP contribution in [0.1, 0.15) is 47.2 Å². The first-order chi connectivity index (χ1) is 15.3. The van der Waals surface area contributed by atoms with Crippen LogP contribution in [0.2, 0.25) is 0 Å². The third kappa shape index (κ3) is 5.34. The molecule has 0 saturated carbocycles. The van der Waals surface area contributed by atoms with Crippen LogP contribution in [-0.2, 0) is 24.5 Å². The molecule has 1 aliphatic rings. The zero-order valence-electron chi connectivity index (χ0n) is 19.4. The fraction of sp³-hybridized carbons (Fsp3) is 0.619. The third-order valence-electron chi connectivity index (χ3n) is 4.94. The molecule has 0 aliphatic carbocycles. The zero-order chi connectivity index (χ0) is 24.6. The molecule has 1 fully saturated rings. The van der Waals surface area contributed by atoms with Gasteiger partial charge in [0, 0.05) is 0 Å². The molecule has 12 heteroatoms. The summed E-state index contributed by atoms with van der Waals surface area (Å²) in [5.74, 6) is 0.193. The first kappa shape index (κ1) is 24.7. The van der Waals surface area contributed by atoms with Gasteiger partial charge in [-0.15, -0.1) is 0 Å². The standard InChI is InChI=1S/C21H30N4O8/c1-11(2)31-19(29)30-9-13-15(26)16(27)21(6,32-13)14-8-7-12-17(22-10-23-25(12)14)24-18(28)33-20(3,4)5/h7-8,10-11,13,15-16,26-27H,9H2,1-6H3,(H,22,23,24,28)/t13-,15-,16-,21+/m1/s1. The summed E-state index contributed by atoms with van der Waals surface area (Å²) in [4.78, 5) is 27.9.